The Bertz CT molecular complexity index is 909. The van der Waals surface area contributed by atoms with Crippen molar-refractivity contribution in [1.82, 2.24) is 4.90 Å². The zero-order valence-corrected chi connectivity index (χ0v) is 16.1. The molecule has 0 fully saturated rings. The van der Waals surface area contributed by atoms with Crippen molar-refractivity contribution in [2.75, 3.05) is 0 Å². The summed E-state index contributed by atoms with van der Waals surface area (Å²) in [5, 5.41) is 0. The Hall–Kier alpha value is -3.40. The molecular formula is C24H24N2O2. The number of primary amides is 1. The number of hydrogen-bond donors (Lipinski definition) is 1. The second-order valence-corrected chi connectivity index (χ2v) is 6.80. The third kappa shape index (κ3) is 3.96. The van der Waals surface area contributed by atoms with Gasteiger partial charge in [-0.25, -0.2) is 0 Å². The molecule has 0 saturated heterocycles. The summed E-state index contributed by atoms with van der Waals surface area (Å²) in [7, 11) is 0. The molecule has 0 bridgehead atoms. The average Bonchev–Trinajstić information content (AvgIpc) is 2.74. The molecule has 142 valence electrons. The van der Waals surface area contributed by atoms with Gasteiger partial charge in [0.15, 0.2) is 0 Å². The molecule has 0 spiro atoms. The van der Waals surface area contributed by atoms with Gasteiger partial charge in [0.05, 0.1) is 23.2 Å². The molecule has 0 unspecified atom stereocenters. The smallest absolute Gasteiger partial charge is 0.255 e. The molecule has 28 heavy (non-hydrogen) atoms. The lowest BCUT2D eigenvalue weighted by molar-refractivity contribution is 0.0600. The number of rotatable bonds is 6. The maximum Gasteiger partial charge on any atom is 0.255 e. The number of carbonyl (C=O) groups excluding carboxylic acids is 2. The van der Waals surface area contributed by atoms with Crippen molar-refractivity contribution < 1.29 is 9.59 Å². The van der Waals surface area contributed by atoms with Crippen LogP contribution < -0.4 is 5.73 Å². The molecular weight excluding hydrogens is 348 g/mol. The maximum atomic E-state index is 13.6. The summed E-state index contributed by atoms with van der Waals surface area (Å²) in [6.07, 6.45) is 0. The molecule has 0 saturated carbocycles. The molecule has 2 N–H and O–H groups in total. The van der Waals surface area contributed by atoms with Gasteiger partial charge < -0.3 is 10.6 Å². The van der Waals surface area contributed by atoms with Gasteiger partial charge in [-0.3, -0.25) is 9.59 Å². The van der Waals surface area contributed by atoms with Gasteiger partial charge in [0.1, 0.15) is 0 Å². The molecule has 0 aromatic heterocycles. The minimum absolute atomic E-state index is 0.190. The zero-order valence-electron chi connectivity index (χ0n) is 16.1. The van der Waals surface area contributed by atoms with Crippen molar-refractivity contribution in [2.24, 2.45) is 5.73 Å². The Morgan fingerprint density at radius 1 is 0.679 bits per heavy atom. The zero-order chi connectivity index (χ0) is 20.1. The Morgan fingerprint density at radius 2 is 1.07 bits per heavy atom. The predicted molar refractivity (Wildman–Crippen MR) is 111 cm³/mol. The van der Waals surface area contributed by atoms with Gasteiger partial charge in [0, 0.05) is 0 Å². The Balaban J connectivity index is 2.08. The summed E-state index contributed by atoms with van der Waals surface area (Å²) in [6, 6.07) is 26.1. The highest BCUT2D eigenvalue weighted by molar-refractivity contribution is 6.06. The number of amides is 2. The summed E-state index contributed by atoms with van der Waals surface area (Å²) in [5.74, 6) is -0.828. The molecule has 3 rings (SSSR count). The van der Waals surface area contributed by atoms with E-state index in [9.17, 15) is 9.59 Å². The standard InChI is InChI=1S/C24H24N2O2/c1-17(19-11-5-3-6-12-19)26(18(2)20-13-7-4-8-14-20)24(28)22-16-10-9-15-21(22)23(25)27/h3-18H,1-2H3,(H2,25,27)/t17-,18-/m1/s1. The second kappa shape index (κ2) is 8.53. The topological polar surface area (TPSA) is 63.4 Å². The van der Waals surface area contributed by atoms with Crippen molar-refractivity contribution in [1.29, 1.82) is 0 Å². The van der Waals surface area contributed by atoms with E-state index in [0.717, 1.165) is 11.1 Å². The van der Waals surface area contributed by atoms with Crippen molar-refractivity contribution in [3.63, 3.8) is 0 Å². The van der Waals surface area contributed by atoms with E-state index in [1.807, 2.05) is 79.4 Å². The van der Waals surface area contributed by atoms with E-state index in [-0.39, 0.29) is 23.6 Å². The number of hydrogen-bond acceptors (Lipinski definition) is 2. The molecule has 3 aromatic rings. The third-order valence-corrected chi connectivity index (χ3v) is 5.06. The van der Waals surface area contributed by atoms with E-state index in [1.165, 1.54) is 0 Å². The van der Waals surface area contributed by atoms with E-state index >= 15 is 0 Å². The predicted octanol–water partition coefficient (Wildman–Crippen LogP) is 4.75. The first-order chi connectivity index (χ1) is 13.5. The van der Waals surface area contributed by atoms with Gasteiger partial charge in [-0.2, -0.15) is 0 Å². The quantitative estimate of drug-likeness (QED) is 0.679. The molecule has 3 aromatic carbocycles. The first-order valence-corrected chi connectivity index (χ1v) is 9.32. The summed E-state index contributed by atoms with van der Waals surface area (Å²) >= 11 is 0. The molecule has 4 heteroatoms. The highest BCUT2D eigenvalue weighted by Gasteiger charge is 2.30. The van der Waals surface area contributed by atoms with Gasteiger partial charge in [0.2, 0.25) is 5.91 Å². The summed E-state index contributed by atoms with van der Waals surface area (Å²) in [4.78, 5) is 27.3. The molecule has 2 atom stereocenters. The Labute approximate surface area is 165 Å². The highest BCUT2D eigenvalue weighted by Crippen LogP contribution is 2.32. The van der Waals surface area contributed by atoms with Crippen LogP contribution in [0.4, 0.5) is 0 Å². The van der Waals surface area contributed by atoms with Crippen LogP contribution in [0.2, 0.25) is 0 Å². The SMILES string of the molecule is C[C@H](c1ccccc1)N(C(=O)c1ccccc1C(N)=O)[C@H](C)c1ccccc1. The van der Waals surface area contributed by atoms with Gasteiger partial charge in [-0.1, -0.05) is 72.8 Å². The van der Waals surface area contributed by atoms with Crippen molar-refractivity contribution >= 4 is 11.8 Å². The van der Waals surface area contributed by atoms with Crippen LogP contribution in [0.1, 0.15) is 57.8 Å². The van der Waals surface area contributed by atoms with Gasteiger partial charge in [-0.15, -0.1) is 0 Å². The first kappa shape index (κ1) is 19.4. The van der Waals surface area contributed by atoms with E-state index in [1.54, 1.807) is 24.3 Å². The lowest BCUT2D eigenvalue weighted by Crippen LogP contribution is -2.37. The fourth-order valence-electron chi connectivity index (χ4n) is 3.50. The van der Waals surface area contributed by atoms with Crippen molar-refractivity contribution in [3.8, 4) is 0 Å². The molecule has 2 amide bonds. The van der Waals surface area contributed by atoms with Crippen LogP contribution in [0.3, 0.4) is 0 Å². The van der Waals surface area contributed by atoms with Crippen molar-refractivity contribution in [2.45, 2.75) is 25.9 Å². The fraction of sp³-hybridized carbons (Fsp3) is 0.167. The van der Waals surface area contributed by atoms with E-state index in [4.69, 9.17) is 5.73 Å². The minimum atomic E-state index is -0.608. The number of nitrogens with zero attached hydrogens (tertiary/aromatic N) is 1. The van der Waals surface area contributed by atoms with Gasteiger partial charge in [-0.05, 0) is 37.1 Å². The first-order valence-electron chi connectivity index (χ1n) is 9.32. The van der Waals surface area contributed by atoms with Crippen LogP contribution in [0, 0.1) is 0 Å². The minimum Gasteiger partial charge on any atom is -0.366 e. The van der Waals surface area contributed by atoms with E-state index in [2.05, 4.69) is 0 Å². The van der Waals surface area contributed by atoms with Crippen LogP contribution in [-0.4, -0.2) is 16.7 Å². The Morgan fingerprint density at radius 3 is 1.50 bits per heavy atom. The Kier molecular flexibility index (Phi) is 5.90. The molecule has 0 aliphatic rings. The molecule has 0 radical (unpaired) electrons. The normalized spacial score (nSPS) is 12.8. The van der Waals surface area contributed by atoms with Crippen LogP contribution in [-0.2, 0) is 0 Å². The summed E-state index contributed by atoms with van der Waals surface area (Å²) in [6.45, 7) is 4.00. The number of nitrogens with two attached hydrogens (primary N) is 1. The van der Waals surface area contributed by atoms with E-state index in [0.29, 0.717) is 5.56 Å². The fourth-order valence-corrected chi connectivity index (χ4v) is 3.50. The monoisotopic (exact) mass is 372 g/mol. The van der Waals surface area contributed by atoms with Crippen LogP contribution in [0.15, 0.2) is 84.9 Å². The number of carbonyl (C=O) groups is 2. The molecule has 0 aliphatic carbocycles. The molecule has 4 nitrogen and oxygen atoms in total. The van der Waals surface area contributed by atoms with Gasteiger partial charge >= 0.3 is 0 Å². The summed E-state index contributed by atoms with van der Waals surface area (Å²) < 4.78 is 0. The lowest BCUT2D eigenvalue weighted by Gasteiger charge is -2.36. The average molecular weight is 372 g/mol. The van der Waals surface area contributed by atoms with Crippen LogP contribution in [0.5, 0.6) is 0 Å². The maximum absolute atomic E-state index is 13.6. The molecule has 0 aliphatic heterocycles. The highest BCUT2D eigenvalue weighted by atomic mass is 16.2. The third-order valence-electron chi connectivity index (χ3n) is 5.06. The van der Waals surface area contributed by atoms with E-state index < -0.39 is 5.91 Å². The summed E-state index contributed by atoms with van der Waals surface area (Å²) in [5.41, 5.74) is 8.12. The number of benzene rings is 3. The van der Waals surface area contributed by atoms with Gasteiger partial charge in [0.25, 0.3) is 5.91 Å². The lowest BCUT2D eigenvalue weighted by atomic mass is 9.98. The van der Waals surface area contributed by atoms with Crippen molar-refractivity contribution in [3.05, 3.63) is 107 Å². The largest absolute Gasteiger partial charge is 0.366 e. The van der Waals surface area contributed by atoms with Crippen LogP contribution >= 0.6 is 0 Å². The van der Waals surface area contributed by atoms with Crippen LogP contribution in [0.25, 0.3) is 0 Å². The second-order valence-electron chi connectivity index (χ2n) is 6.80. The molecule has 0 heterocycles.